The first kappa shape index (κ1) is 13.0. The van der Waals surface area contributed by atoms with E-state index in [1.165, 1.54) is 11.1 Å². The van der Waals surface area contributed by atoms with E-state index < -0.39 is 0 Å². The summed E-state index contributed by atoms with van der Waals surface area (Å²) < 4.78 is 5.54. The summed E-state index contributed by atoms with van der Waals surface area (Å²) in [5.41, 5.74) is 3.64. The lowest BCUT2D eigenvalue weighted by Crippen LogP contribution is -2.18. The van der Waals surface area contributed by atoms with Gasteiger partial charge in [0.05, 0.1) is 13.2 Å². The molecule has 3 heteroatoms. The third kappa shape index (κ3) is 3.51. The predicted molar refractivity (Wildman–Crippen MR) is 65.9 cm³/mol. The normalized spacial score (nSPS) is 10.5. The fourth-order valence-corrected chi connectivity index (χ4v) is 1.65. The smallest absolute Gasteiger partial charge is 0.122 e. The van der Waals surface area contributed by atoms with Crippen LogP contribution < -0.4 is 10.1 Å². The number of aliphatic hydroxyl groups is 1. The highest BCUT2D eigenvalue weighted by Gasteiger charge is 2.04. The number of ether oxygens (including phenoxy) is 1. The quantitative estimate of drug-likeness (QED) is 0.722. The lowest BCUT2D eigenvalue weighted by Gasteiger charge is -2.12. The van der Waals surface area contributed by atoms with Crippen LogP contribution in [0.1, 0.15) is 23.6 Å². The van der Waals surface area contributed by atoms with Crippen LogP contribution in [0.5, 0.6) is 5.75 Å². The van der Waals surface area contributed by atoms with Crippen LogP contribution >= 0.6 is 0 Å². The average Bonchev–Trinajstić information content (AvgIpc) is 2.25. The van der Waals surface area contributed by atoms with Crippen molar-refractivity contribution >= 4 is 0 Å². The van der Waals surface area contributed by atoms with Gasteiger partial charge >= 0.3 is 0 Å². The van der Waals surface area contributed by atoms with Crippen molar-refractivity contribution in [2.75, 3.05) is 19.8 Å². The van der Waals surface area contributed by atoms with Crippen molar-refractivity contribution in [3.63, 3.8) is 0 Å². The van der Waals surface area contributed by atoms with Crippen LogP contribution in [0.25, 0.3) is 0 Å². The molecule has 0 spiro atoms. The highest BCUT2D eigenvalue weighted by molar-refractivity contribution is 5.41. The summed E-state index contributed by atoms with van der Waals surface area (Å²) in [5, 5.41) is 11.9. The molecule has 0 aliphatic carbocycles. The Balaban J connectivity index is 2.75. The summed E-state index contributed by atoms with van der Waals surface area (Å²) in [7, 11) is 0. The van der Waals surface area contributed by atoms with Crippen LogP contribution in [0.4, 0.5) is 0 Å². The van der Waals surface area contributed by atoms with E-state index in [4.69, 9.17) is 9.84 Å². The lowest BCUT2D eigenvalue weighted by molar-refractivity contribution is 0.292. The summed E-state index contributed by atoms with van der Waals surface area (Å²) in [4.78, 5) is 0. The number of rotatable bonds is 6. The summed E-state index contributed by atoms with van der Waals surface area (Å²) in [6, 6.07) is 4.22. The zero-order valence-corrected chi connectivity index (χ0v) is 10.3. The molecule has 0 aliphatic rings. The molecule has 2 N–H and O–H groups in total. The number of hydrogen-bond acceptors (Lipinski definition) is 3. The van der Waals surface area contributed by atoms with E-state index in [0.29, 0.717) is 13.2 Å². The Hall–Kier alpha value is -1.06. The van der Waals surface area contributed by atoms with Gasteiger partial charge in [-0.3, -0.25) is 0 Å². The van der Waals surface area contributed by atoms with Crippen molar-refractivity contribution in [1.29, 1.82) is 0 Å². The van der Waals surface area contributed by atoms with Crippen LogP contribution in [0.15, 0.2) is 12.1 Å². The molecule has 1 aromatic carbocycles. The molecule has 0 bridgehead atoms. The van der Waals surface area contributed by atoms with Gasteiger partial charge in [0.2, 0.25) is 0 Å². The van der Waals surface area contributed by atoms with Gasteiger partial charge in [0.15, 0.2) is 0 Å². The molecule has 0 saturated heterocycles. The molecule has 90 valence electrons. The Kier molecular flexibility index (Phi) is 5.29. The van der Waals surface area contributed by atoms with Crippen LogP contribution in [0.2, 0.25) is 0 Å². The Morgan fingerprint density at radius 3 is 2.62 bits per heavy atom. The first-order valence-corrected chi connectivity index (χ1v) is 5.73. The molecule has 1 aromatic rings. The van der Waals surface area contributed by atoms with Gasteiger partial charge < -0.3 is 15.2 Å². The molecule has 16 heavy (non-hydrogen) atoms. The van der Waals surface area contributed by atoms with Gasteiger partial charge in [-0.05, 0) is 43.5 Å². The summed E-state index contributed by atoms with van der Waals surface area (Å²) in [6.45, 7) is 8.42. The molecule has 0 saturated carbocycles. The fourth-order valence-electron chi connectivity index (χ4n) is 1.65. The van der Waals surface area contributed by atoms with Crippen LogP contribution in [0.3, 0.4) is 0 Å². The number of benzene rings is 1. The molecular weight excluding hydrogens is 202 g/mol. The Labute approximate surface area is 97.4 Å². The SMILES string of the molecule is CCOc1cc(C)c(CNCCO)cc1C. The van der Waals surface area contributed by atoms with E-state index >= 15 is 0 Å². The molecule has 1 rings (SSSR count). The van der Waals surface area contributed by atoms with Crippen molar-refractivity contribution in [2.45, 2.75) is 27.3 Å². The first-order valence-electron chi connectivity index (χ1n) is 5.73. The van der Waals surface area contributed by atoms with E-state index in [2.05, 4.69) is 31.3 Å². The lowest BCUT2D eigenvalue weighted by atomic mass is 10.0. The third-order valence-corrected chi connectivity index (χ3v) is 2.54. The zero-order chi connectivity index (χ0) is 12.0. The fraction of sp³-hybridized carbons (Fsp3) is 0.538. The van der Waals surface area contributed by atoms with Crippen molar-refractivity contribution < 1.29 is 9.84 Å². The number of aryl methyl sites for hydroxylation is 2. The second-order valence-corrected chi connectivity index (χ2v) is 3.88. The molecule has 0 aliphatic heterocycles. The van der Waals surface area contributed by atoms with E-state index in [1.807, 2.05) is 6.92 Å². The molecule has 0 atom stereocenters. The second-order valence-electron chi connectivity index (χ2n) is 3.88. The monoisotopic (exact) mass is 223 g/mol. The maximum Gasteiger partial charge on any atom is 0.122 e. The van der Waals surface area contributed by atoms with Gasteiger partial charge in [-0.25, -0.2) is 0 Å². The van der Waals surface area contributed by atoms with Crippen molar-refractivity contribution in [1.82, 2.24) is 5.32 Å². The number of nitrogens with one attached hydrogen (secondary N) is 1. The molecule has 0 amide bonds. The Morgan fingerprint density at radius 1 is 1.25 bits per heavy atom. The van der Waals surface area contributed by atoms with Gasteiger partial charge in [0, 0.05) is 13.1 Å². The molecule has 0 fully saturated rings. The molecule has 0 unspecified atom stereocenters. The highest BCUT2D eigenvalue weighted by Crippen LogP contribution is 2.22. The van der Waals surface area contributed by atoms with Crippen LogP contribution in [0, 0.1) is 13.8 Å². The van der Waals surface area contributed by atoms with Gasteiger partial charge in [-0.2, -0.15) is 0 Å². The van der Waals surface area contributed by atoms with E-state index in [0.717, 1.165) is 17.9 Å². The van der Waals surface area contributed by atoms with Gasteiger partial charge in [0.25, 0.3) is 0 Å². The number of hydrogen-bond donors (Lipinski definition) is 2. The maximum absolute atomic E-state index is 8.70. The first-order chi connectivity index (χ1) is 7.69. The number of aliphatic hydroxyl groups excluding tert-OH is 1. The highest BCUT2D eigenvalue weighted by atomic mass is 16.5. The average molecular weight is 223 g/mol. The van der Waals surface area contributed by atoms with Crippen molar-refractivity contribution in [3.8, 4) is 5.75 Å². The van der Waals surface area contributed by atoms with Crippen molar-refractivity contribution in [2.24, 2.45) is 0 Å². The van der Waals surface area contributed by atoms with Gasteiger partial charge in [0.1, 0.15) is 5.75 Å². The van der Waals surface area contributed by atoms with E-state index in [9.17, 15) is 0 Å². The molecule has 0 heterocycles. The molecule has 0 radical (unpaired) electrons. The van der Waals surface area contributed by atoms with Gasteiger partial charge in [-0.15, -0.1) is 0 Å². The zero-order valence-electron chi connectivity index (χ0n) is 10.3. The van der Waals surface area contributed by atoms with E-state index in [1.54, 1.807) is 0 Å². The third-order valence-electron chi connectivity index (χ3n) is 2.54. The van der Waals surface area contributed by atoms with Crippen molar-refractivity contribution in [3.05, 3.63) is 28.8 Å². The van der Waals surface area contributed by atoms with Gasteiger partial charge in [-0.1, -0.05) is 6.07 Å². The second kappa shape index (κ2) is 6.51. The molecule has 0 aromatic heterocycles. The van der Waals surface area contributed by atoms with Crippen LogP contribution in [-0.4, -0.2) is 24.9 Å². The Bertz CT molecular complexity index is 337. The summed E-state index contributed by atoms with van der Waals surface area (Å²) in [6.07, 6.45) is 0. The minimum atomic E-state index is 0.176. The van der Waals surface area contributed by atoms with Crippen LogP contribution in [-0.2, 0) is 6.54 Å². The topological polar surface area (TPSA) is 41.5 Å². The predicted octanol–water partition coefficient (Wildman–Crippen LogP) is 1.78. The van der Waals surface area contributed by atoms with E-state index in [-0.39, 0.29) is 6.61 Å². The Morgan fingerprint density at radius 2 is 2.00 bits per heavy atom. The molecule has 3 nitrogen and oxygen atoms in total. The molecular formula is C13H21NO2. The standard InChI is InChI=1S/C13H21NO2/c1-4-16-13-8-10(2)12(7-11(13)3)9-14-5-6-15/h7-8,14-15H,4-6,9H2,1-3H3. The largest absolute Gasteiger partial charge is 0.494 e. The maximum atomic E-state index is 8.70. The summed E-state index contributed by atoms with van der Waals surface area (Å²) >= 11 is 0. The minimum Gasteiger partial charge on any atom is -0.494 e. The minimum absolute atomic E-state index is 0.176. The summed E-state index contributed by atoms with van der Waals surface area (Å²) in [5.74, 6) is 0.964.